The Bertz CT molecular complexity index is 796. The molecular weight excluding hydrogens is 400 g/mol. The van der Waals surface area contributed by atoms with Gasteiger partial charge in [-0.2, -0.15) is 0 Å². The van der Waals surface area contributed by atoms with E-state index in [1.165, 1.54) is 12.8 Å². The average Bonchev–Trinajstić information content (AvgIpc) is 2.75. The molecule has 30 heavy (non-hydrogen) atoms. The van der Waals surface area contributed by atoms with Crippen molar-refractivity contribution in [2.24, 2.45) is 0 Å². The van der Waals surface area contributed by atoms with E-state index in [1.807, 2.05) is 30.3 Å². The zero-order valence-electron chi connectivity index (χ0n) is 17.6. The first-order valence-corrected chi connectivity index (χ1v) is 10.6. The molecule has 0 aliphatic carbocycles. The number of carbonyl (C=O) groups is 1. The van der Waals surface area contributed by atoms with Crippen molar-refractivity contribution in [2.45, 2.75) is 32.6 Å². The van der Waals surface area contributed by atoms with Crippen LogP contribution in [-0.4, -0.2) is 38.0 Å². The van der Waals surface area contributed by atoms with E-state index in [2.05, 4.69) is 17.6 Å². The molecule has 2 rings (SSSR count). The standard InChI is InChI=1S/C23H30N2O4S/c1-3-4-5-8-15-29-21-10-7-6-9-20(21)22(26)25-23(30)24-18-11-13-19(14-12-18)28-17-16-27-2/h6-7,9-14H,3-5,8,15-17H2,1-2H3,(H2,24,25,26,30). The Morgan fingerprint density at radius 1 is 0.933 bits per heavy atom. The lowest BCUT2D eigenvalue weighted by Crippen LogP contribution is -2.34. The Morgan fingerprint density at radius 2 is 1.70 bits per heavy atom. The molecule has 0 atom stereocenters. The maximum Gasteiger partial charge on any atom is 0.261 e. The van der Waals surface area contributed by atoms with Crippen LogP contribution >= 0.6 is 12.2 Å². The normalized spacial score (nSPS) is 10.3. The Balaban J connectivity index is 1.86. The fraction of sp³-hybridized carbons (Fsp3) is 0.391. The second-order valence-corrected chi connectivity index (χ2v) is 7.09. The highest BCUT2D eigenvalue weighted by Gasteiger charge is 2.13. The zero-order chi connectivity index (χ0) is 21.6. The average molecular weight is 431 g/mol. The van der Waals surface area contributed by atoms with E-state index in [0.29, 0.717) is 31.1 Å². The molecule has 2 aromatic rings. The van der Waals surface area contributed by atoms with Crippen LogP contribution in [0.2, 0.25) is 0 Å². The molecule has 0 aromatic heterocycles. The third kappa shape index (κ3) is 8.39. The second-order valence-electron chi connectivity index (χ2n) is 6.68. The number of anilines is 1. The molecule has 1 amide bonds. The molecule has 2 N–H and O–H groups in total. The van der Waals surface area contributed by atoms with Gasteiger partial charge in [-0.3, -0.25) is 10.1 Å². The summed E-state index contributed by atoms with van der Waals surface area (Å²) in [7, 11) is 1.63. The summed E-state index contributed by atoms with van der Waals surface area (Å²) in [6, 6.07) is 14.5. The summed E-state index contributed by atoms with van der Waals surface area (Å²) in [6.45, 7) is 3.77. The number of nitrogens with one attached hydrogen (secondary N) is 2. The minimum absolute atomic E-state index is 0.214. The summed E-state index contributed by atoms with van der Waals surface area (Å²) < 4.78 is 16.3. The SMILES string of the molecule is CCCCCCOc1ccccc1C(=O)NC(=S)Nc1ccc(OCCOC)cc1. The molecule has 0 saturated carbocycles. The van der Waals surface area contributed by atoms with Gasteiger partial charge in [0.15, 0.2) is 5.11 Å². The van der Waals surface area contributed by atoms with Crippen molar-refractivity contribution < 1.29 is 19.0 Å². The van der Waals surface area contributed by atoms with Gasteiger partial charge in [-0.05, 0) is 55.0 Å². The molecule has 0 spiro atoms. The van der Waals surface area contributed by atoms with Crippen LogP contribution in [0.3, 0.4) is 0 Å². The number of hydrogen-bond acceptors (Lipinski definition) is 5. The molecule has 162 valence electrons. The van der Waals surface area contributed by atoms with Crippen molar-refractivity contribution in [3.05, 3.63) is 54.1 Å². The lowest BCUT2D eigenvalue weighted by Gasteiger charge is -2.13. The van der Waals surface area contributed by atoms with E-state index in [-0.39, 0.29) is 11.0 Å². The van der Waals surface area contributed by atoms with Gasteiger partial charge >= 0.3 is 0 Å². The molecule has 7 heteroatoms. The predicted molar refractivity (Wildman–Crippen MR) is 124 cm³/mol. The number of methoxy groups -OCH3 is 1. The first-order chi connectivity index (χ1) is 14.6. The highest BCUT2D eigenvalue weighted by molar-refractivity contribution is 7.80. The highest BCUT2D eigenvalue weighted by Crippen LogP contribution is 2.19. The molecule has 0 bridgehead atoms. The lowest BCUT2D eigenvalue weighted by molar-refractivity contribution is 0.0973. The van der Waals surface area contributed by atoms with Crippen molar-refractivity contribution in [3.63, 3.8) is 0 Å². The Hall–Kier alpha value is -2.64. The van der Waals surface area contributed by atoms with Crippen LogP contribution in [0.5, 0.6) is 11.5 Å². The van der Waals surface area contributed by atoms with E-state index in [0.717, 1.165) is 24.3 Å². The topological polar surface area (TPSA) is 68.8 Å². The largest absolute Gasteiger partial charge is 0.493 e. The van der Waals surface area contributed by atoms with Crippen molar-refractivity contribution in [1.29, 1.82) is 0 Å². The summed E-state index contributed by atoms with van der Waals surface area (Å²) in [4.78, 5) is 12.7. The van der Waals surface area contributed by atoms with Gasteiger partial charge in [0, 0.05) is 12.8 Å². The number of carbonyl (C=O) groups excluding carboxylic acids is 1. The van der Waals surface area contributed by atoms with Crippen LogP contribution in [0.1, 0.15) is 43.0 Å². The molecule has 0 radical (unpaired) electrons. The van der Waals surface area contributed by atoms with E-state index >= 15 is 0 Å². The number of amides is 1. The number of hydrogen-bond donors (Lipinski definition) is 2. The van der Waals surface area contributed by atoms with Gasteiger partial charge < -0.3 is 19.5 Å². The van der Waals surface area contributed by atoms with E-state index in [1.54, 1.807) is 25.3 Å². The van der Waals surface area contributed by atoms with Crippen molar-refractivity contribution >= 4 is 28.9 Å². The highest BCUT2D eigenvalue weighted by atomic mass is 32.1. The van der Waals surface area contributed by atoms with Crippen LogP contribution in [0.15, 0.2) is 48.5 Å². The quantitative estimate of drug-likeness (QED) is 0.372. The maximum atomic E-state index is 12.7. The fourth-order valence-electron chi connectivity index (χ4n) is 2.70. The molecule has 0 heterocycles. The second kappa shape index (κ2) is 13.6. The molecule has 6 nitrogen and oxygen atoms in total. The van der Waals surface area contributed by atoms with Gasteiger partial charge in [-0.1, -0.05) is 38.3 Å². The number of unbranched alkanes of at least 4 members (excludes halogenated alkanes) is 3. The summed E-state index contributed by atoms with van der Waals surface area (Å²) in [5.41, 5.74) is 1.21. The van der Waals surface area contributed by atoms with Gasteiger partial charge in [0.05, 0.1) is 18.8 Å². The molecule has 0 aliphatic heterocycles. The van der Waals surface area contributed by atoms with E-state index in [9.17, 15) is 4.79 Å². The Kier molecular flexibility index (Phi) is 10.7. The van der Waals surface area contributed by atoms with Crippen LogP contribution in [0.25, 0.3) is 0 Å². The number of benzene rings is 2. The lowest BCUT2D eigenvalue weighted by atomic mass is 10.2. The Labute approximate surface area is 183 Å². The third-order valence-electron chi connectivity index (χ3n) is 4.28. The summed E-state index contributed by atoms with van der Waals surface area (Å²) in [5.74, 6) is 0.987. The van der Waals surface area contributed by atoms with Gasteiger partial charge in [0.2, 0.25) is 0 Å². The Morgan fingerprint density at radius 3 is 2.43 bits per heavy atom. The van der Waals surface area contributed by atoms with Gasteiger partial charge in [0.25, 0.3) is 5.91 Å². The number of thiocarbonyl (C=S) groups is 1. The third-order valence-corrected chi connectivity index (χ3v) is 4.49. The van der Waals surface area contributed by atoms with Crippen molar-refractivity contribution in [2.75, 3.05) is 32.2 Å². The number of ether oxygens (including phenoxy) is 3. The van der Waals surface area contributed by atoms with Gasteiger partial charge in [0.1, 0.15) is 18.1 Å². The summed E-state index contributed by atoms with van der Waals surface area (Å²) in [5, 5.41) is 5.92. The van der Waals surface area contributed by atoms with Crippen LogP contribution in [-0.2, 0) is 4.74 Å². The van der Waals surface area contributed by atoms with Crippen molar-refractivity contribution in [3.8, 4) is 11.5 Å². The van der Waals surface area contributed by atoms with Crippen LogP contribution in [0.4, 0.5) is 5.69 Å². The van der Waals surface area contributed by atoms with Crippen molar-refractivity contribution in [1.82, 2.24) is 5.32 Å². The summed E-state index contributed by atoms with van der Waals surface area (Å²) >= 11 is 5.28. The van der Waals surface area contributed by atoms with E-state index in [4.69, 9.17) is 26.4 Å². The first kappa shape index (κ1) is 23.6. The van der Waals surface area contributed by atoms with Crippen LogP contribution < -0.4 is 20.1 Å². The zero-order valence-corrected chi connectivity index (χ0v) is 18.4. The number of para-hydroxylation sites is 1. The fourth-order valence-corrected chi connectivity index (χ4v) is 2.91. The smallest absolute Gasteiger partial charge is 0.261 e. The molecule has 0 aliphatic rings. The molecule has 0 unspecified atom stereocenters. The van der Waals surface area contributed by atoms with Gasteiger partial charge in [-0.15, -0.1) is 0 Å². The molecule has 0 saturated heterocycles. The molecule has 2 aromatic carbocycles. The molecular formula is C23H30N2O4S. The number of rotatable bonds is 12. The van der Waals surface area contributed by atoms with E-state index < -0.39 is 0 Å². The predicted octanol–water partition coefficient (Wildman–Crippen LogP) is 4.80. The van der Waals surface area contributed by atoms with Gasteiger partial charge in [-0.25, -0.2) is 0 Å². The minimum Gasteiger partial charge on any atom is -0.493 e. The summed E-state index contributed by atoms with van der Waals surface area (Å²) in [6.07, 6.45) is 4.45. The van der Waals surface area contributed by atoms with Crippen LogP contribution in [0, 0.1) is 0 Å². The first-order valence-electron chi connectivity index (χ1n) is 10.2. The monoisotopic (exact) mass is 430 g/mol. The molecule has 0 fully saturated rings. The minimum atomic E-state index is -0.309. The maximum absolute atomic E-state index is 12.7.